The Morgan fingerprint density at radius 1 is 1.18 bits per heavy atom. The Balaban J connectivity index is 1.38. The summed E-state index contributed by atoms with van der Waals surface area (Å²) in [6, 6.07) is 0. The van der Waals surface area contributed by atoms with Crippen LogP contribution in [-0.4, -0.2) is 15.6 Å². The van der Waals surface area contributed by atoms with Crippen LogP contribution < -0.4 is 0 Å². The molecule has 0 amide bonds. The lowest BCUT2D eigenvalue weighted by Gasteiger charge is -2.56. The summed E-state index contributed by atoms with van der Waals surface area (Å²) in [5.74, 6) is 5.47. The number of rotatable bonds is 6. The molecule has 1 aromatic heterocycles. The van der Waals surface area contributed by atoms with E-state index in [-0.39, 0.29) is 23.7 Å². The number of fused-ring (bicyclic) bond motifs is 5. The van der Waals surface area contributed by atoms with E-state index in [4.69, 9.17) is 0 Å². The van der Waals surface area contributed by atoms with Gasteiger partial charge >= 0.3 is 6.18 Å². The van der Waals surface area contributed by atoms with Gasteiger partial charge in [0.2, 0.25) is 0 Å². The van der Waals surface area contributed by atoms with E-state index in [1.807, 2.05) is 0 Å². The third kappa shape index (κ3) is 3.60. The number of nitrogens with zero attached hydrogens (tertiary/aromatic N) is 2. The van der Waals surface area contributed by atoms with Crippen molar-refractivity contribution in [1.29, 1.82) is 0 Å². The van der Waals surface area contributed by atoms with Gasteiger partial charge in [-0.2, -0.15) is 18.3 Å². The molecular weight excluding hydrogens is 425 g/mol. The van der Waals surface area contributed by atoms with E-state index in [2.05, 4.69) is 32.8 Å². The smallest absolute Gasteiger partial charge is 0.297 e. The topological polar surface area (TPSA) is 34.9 Å². The third-order valence-electron chi connectivity index (χ3n) is 10.6. The second-order valence-electron chi connectivity index (χ2n) is 12.0. The van der Waals surface area contributed by atoms with Crippen molar-refractivity contribution in [2.75, 3.05) is 0 Å². The second kappa shape index (κ2) is 8.12. The molecule has 3 nitrogen and oxygen atoms in total. The summed E-state index contributed by atoms with van der Waals surface area (Å²) in [6.45, 7) is 9.27. The van der Waals surface area contributed by atoms with Crippen LogP contribution in [0.5, 0.6) is 0 Å². The first-order valence-corrected chi connectivity index (χ1v) is 13.2. The van der Waals surface area contributed by atoms with E-state index in [0.29, 0.717) is 23.7 Å². The van der Waals surface area contributed by atoms with Crippen LogP contribution in [0.1, 0.15) is 78.2 Å². The number of carbonyl (C=O) groups excluding carboxylic acids is 1. The number of halogens is 3. The van der Waals surface area contributed by atoms with Gasteiger partial charge in [-0.15, -0.1) is 0 Å². The Morgan fingerprint density at radius 2 is 1.94 bits per heavy atom. The maximum Gasteiger partial charge on any atom is 0.419 e. The summed E-state index contributed by atoms with van der Waals surface area (Å²) < 4.78 is 40.2. The summed E-state index contributed by atoms with van der Waals surface area (Å²) in [5.41, 5.74) is -0.783. The van der Waals surface area contributed by atoms with Crippen LogP contribution in [0.4, 0.5) is 13.2 Å². The molecule has 0 N–H and O–H groups in total. The van der Waals surface area contributed by atoms with E-state index < -0.39 is 11.7 Å². The zero-order chi connectivity index (χ0) is 23.7. The van der Waals surface area contributed by atoms with Crippen molar-refractivity contribution in [3.63, 3.8) is 0 Å². The molecule has 4 aliphatic carbocycles. The lowest BCUT2D eigenvalue weighted by atomic mass is 9.49. The van der Waals surface area contributed by atoms with Crippen molar-refractivity contribution in [1.82, 2.24) is 9.78 Å². The second-order valence-corrected chi connectivity index (χ2v) is 12.0. The standard InChI is InChI=1S/C27H39F3N2O/c1-5-7-18-16(6-2)8-9-20-19(18)10-11-26(4)24(20)22-15(3)23(22)25(26)21(33)14-32-13-17(12-31-32)27(28,29)30/h12-13,15-16,18-20,22-25H,5-11,14H2,1-4H3. The molecule has 0 saturated heterocycles. The maximum atomic E-state index is 13.6. The number of alkyl halides is 3. The lowest BCUT2D eigenvalue weighted by molar-refractivity contribution is -0.138. The number of Topliss-reactive ketones (excluding diaryl/α,β-unsaturated/α-hetero) is 1. The van der Waals surface area contributed by atoms with E-state index >= 15 is 0 Å². The van der Waals surface area contributed by atoms with Gasteiger partial charge < -0.3 is 0 Å². The highest BCUT2D eigenvalue weighted by molar-refractivity contribution is 5.83. The third-order valence-corrected chi connectivity index (χ3v) is 10.6. The van der Waals surface area contributed by atoms with Crippen molar-refractivity contribution >= 4 is 5.78 Å². The number of aromatic nitrogens is 2. The Kier molecular flexibility index (Phi) is 5.76. The minimum atomic E-state index is -4.42. The summed E-state index contributed by atoms with van der Waals surface area (Å²) in [6.07, 6.45) is 6.20. The Bertz CT molecular complexity index is 894. The van der Waals surface area contributed by atoms with Gasteiger partial charge in [0.05, 0.1) is 18.3 Å². The average molecular weight is 465 g/mol. The highest BCUT2D eigenvalue weighted by Gasteiger charge is 2.73. The molecule has 184 valence electrons. The first-order valence-electron chi connectivity index (χ1n) is 13.2. The van der Waals surface area contributed by atoms with Gasteiger partial charge in [-0.1, -0.05) is 47.0 Å². The molecule has 4 aliphatic rings. The quantitative estimate of drug-likeness (QED) is 0.460. The van der Waals surface area contributed by atoms with Gasteiger partial charge in [0.15, 0.2) is 5.78 Å². The van der Waals surface area contributed by atoms with Crippen LogP contribution in [0.3, 0.4) is 0 Å². The lowest BCUT2D eigenvalue weighted by Crippen LogP contribution is -2.50. The molecule has 1 heterocycles. The van der Waals surface area contributed by atoms with Gasteiger partial charge in [-0.3, -0.25) is 9.48 Å². The van der Waals surface area contributed by atoms with Crippen LogP contribution in [0.25, 0.3) is 0 Å². The molecule has 0 radical (unpaired) electrons. The molecule has 0 bridgehead atoms. The van der Waals surface area contributed by atoms with Crippen LogP contribution in [0, 0.1) is 58.7 Å². The normalized spacial score (nSPS) is 44.2. The Morgan fingerprint density at radius 3 is 2.58 bits per heavy atom. The first kappa shape index (κ1) is 23.4. The van der Waals surface area contributed by atoms with E-state index in [1.165, 1.54) is 43.2 Å². The molecule has 10 atom stereocenters. The molecular formula is C27H39F3N2O. The molecule has 0 spiro atoms. The van der Waals surface area contributed by atoms with Crippen molar-refractivity contribution in [3.05, 3.63) is 18.0 Å². The predicted octanol–water partition coefficient (Wildman–Crippen LogP) is 6.87. The molecule has 6 heteroatoms. The zero-order valence-corrected chi connectivity index (χ0v) is 20.4. The van der Waals surface area contributed by atoms with Gasteiger partial charge in [0, 0.05) is 12.1 Å². The molecule has 0 aromatic carbocycles. The van der Waals surface area contributed by atoms with E-state index in [9.17, 15) is 18.0 Å². The Labute approximate surface area is 195 Å². The average Bonchev–Trinajstić information content (AvgIpc) is 3.10. The predicted molar refractivity (Wildman–Crippen MR) is 121 cm³/mol. The number of carbonyl (C=O) groups is 1. The van der Waals surface area contributed by atoms with Gasteiger partial charge in [0.25, 0.3) is 0 Å². The highest BCUT2D eigenvalue weighted by Crippen LogP contribution is 2.76. The van der Waals surface area contributed by atoms with Crippen LogP contribution in [0.15, 0.2) is 12.4 Å². The van der Waals surface area contributed by atoms with E-state index in [1.54, 1.807) is 0 Å². The zero-order valence-electron chi connectivity index (χ0n) is 20.4. The summed E-state index contributed by atoms with van der Waals surface area (Å²) in [7, 11) is 0. The fraction of sp³-hybridized carbons (Fsp3) is 0.852. The largest absolute Gasteiger partial charge is 0.419 e. The first-order chi connectivity index (χ1) is 15.6. The van der Waals surface area contributed by atoms with Gasteiger partial charge in [-0.05, 0) is 78.4 Å². The Hall–Kier alpha value is -1.33. The summed E-state index contributed by atoms with van der Waals surface area (Å²) in [5, 5.41) is 3.87. The summed E-state index contributed by atoms with van der Waals surface area (Å²) >= 11 is 0. The molecule has 4 fully saturated rings. The van der Waals surface area contributed by atoms with Crippen LogP contribution in [0.2, 0.25) is 0 Å². The van der Waals surface area contributed by atoms with Gasteiger partial charge in [-0.25, -0.2) is 0 Å². The molecule has 0 aliphatic heterocycles. The molecule has 10 unspecified atom stereocenters. The molecule has 4 saturated carbocycles. The van der Waals surface area contributed by atoms with Gasteiger partial charge in [0.1, 0.15) is 0 Å². The maximum absolute atomic E-state index is 13.6. The molecule has 33 heavy (non-hydrogen) atoms. The summed E-state index contributed by atoms with van der Waals surface area (Å²) in [4.78, 5) is 13.6. The highest BCUT2D eigenvalue weighted by atomic mass is 19.4. The monoisotopic (exact) mass is 464 g/mol. The fourth-order valence-corrected chi connectivity index (χ4v) is 9.38. The van der Waals surface area contributed by atoms with Crippen molar-refractivity contribution in [3.8, 4) is 0 Å². The number of hydrogen-bond acceptors (Lipinski definition) is 2. The minimum absolute atomic E-state index is 0.00405. The van der Waals surface area contributed by atoms with Crippen molar-refractivity contribution < 1.29 is 18.0 Å². The number of hydrogen-bond donors (Lipinski definition) is 0. The van der Waals surface area contributed by atoms with Crippen LogP contribution >= 0.6 is 0 Å². The number of ketones is 1. The van der Waals surface area contributed by atoms with Crippen molar-refractivity contribution in [2.24, 2.45) is 58.7 Å². The fourth-order valence-electron chi connectivity index (χ4n) is 9.38. The molecule has 1 aromatic rings. The minimum Gasteiger partial charge on any atom is -0.297 e. The van der Waals surface area contributed by atoms with Crippen molar-refractivity contribution in [2.45, 2.75) is 85.4 Å². The molecule has 5 rings (SSSR count). The SMILES string of the molecule is CCCC1C(CC)CCC2C1CCC1(C)C(C(=O)Cn3cc(C(F)(F)F)cn3)C3C(C)C3C21. The van der Waals surface area contributed by atoms with E-state index in [0.717, 1.165) is 42.5 Å². The van der Waals surface area contributed by atoms with Crippen LogP contribution in [-0.2, 0) is 17.5 Å².